The second-order valence-electron chi connectivity index (χ2n) is 6.31. The van der Waals surface area contributed by atoms with E-state index < -0.39 is 18.0 Å². The molecule has 1 aliphatic rings. The molecule has 3 rings (SSSR count). The molecule has 0 saturated heterocycles. The summed E-state index contributed by atoms with van der Waals surface area (Å²) in [5.41, 5.74) is 1.49. The Hall–Kier alpha value is -3.35. The van der Waals surface area contributed by atoms with Gasteiger partial charge in [0.05, 0.1) is 6.04 Å². The number of carbonyl (C=O) groups is 2. The maximum absolute atomic E-state index is 13.0. The van der Waals surface area contributed by atoms with E-state index in [0.29, 0.717) is 11.5 Å². The summed E-state index contributed by atoms with van der Waals surface area (Å²) in [6.07, 6.45) is 1.83. The number of esters is 1. The van der Waals surface area contributed by atoms with Gasteiger partial charge >= 0.3 is 5.97 Å². The van der Waals surface area contributed by atoms with Crippen molar-refractivity contribution in [2.24, 2.45) is 0 Å². The van der Waals surface area contributed by atoms with E-state index in [-0.39, 0.29) is 18.7 Å². The van der Waals surface area contributed by atoms with E-state index in [1.165, 1.54) is 25.1 Å². The van der Waals surface area contributed by atoms with Crippen LogP contribution in [0.4, 0.5) is 4.39 Å². The Labute approximate surface area is 161 Å². The van der Waals surface area contributed by atoms with Crippen LogP contribution in [0.25, 0.3) is 6.08 Å². The number of nitrogens with one attached hydrogen (secondary N) is 1. The SMILES string of the molecule is C[C@H](OC(=O)/C=C/c1ccc2c(c1)OCO2)C(=O)N[C@@H](C)c1ccc(F)cc1. The summed E-state index contributed by atoms with van der Waals surface area (Å²) in [5, 5.41) is 2.73. The molecule has 2 aromatic carbocycles. The van der Waals surface area contributed by atoms with E-state index in [1.807, 2.05) is 0 Å². The summed E-state index contributed by atoms with van der Waals surface area (Å²) in [4.78, 5) is 24.2. The summed E-state index contributed by atoms with van der Waals surface area (Å²) in [6, 6.07) is 10.7. The number of halogens is 1. The highest BCUT2D eigenvalue weighted by Crippen LogP contribution is 2.32. The van der Waals surface area contributed by atoms with Crippen LogP contribution in [-0.2, 0) is 14.3 Å². The van der Waals surface area contributed by atoms with Crippen molar-refractivity contribution in [1.82, 2.24) is 5.32 Å². The van der Waals surface area contributed by atoms with E-state index in [1.54, 1.807) is 43.3 Å². The molecule has 1 heterocycles. The molecular formula is C21H20FNO5. The van der Waals surface area contributed by atoms with Crippen LogP contribution in [0.15, 0.2) is 48.5 Å². The quantitative estimate of drug-likeness (QED) is 0.610. The Morgan fingerprint density at radius 2 is 1.82 bits per heavy atom. The minimum atomic E-state index is -0.975. The van der Waals surface area contributed by atoms with Gasteiger partial charge in [-0.05, 0) is 55.3 Å². The number of amides is 1. The van der Waals surface area contributed by atoms with Gasteiger partial charge in [-0.15, -0.1) is 0 Å². The van der Waals surface area contributed by atoms with Gasteiger partial charge in [0.25, 0.3) is 5.91 Å². The predicted molar refractivity (Wildman–Crippen MR) is 100 cm³/mol. The second-order valence-corrected chi connectivity index (χ2v) is 6.31. The van der Waals surface area contributed by atoms with Gasteiger partial charge in [0.1, 0.15) is 5.82 Å². The summed E-state index contributed by atoms with van der Waals surface area (Å²) in [7, 11) is 0. The number of hydrogen-bond acceptors (Lipinski definition) is 5. The third kappa shape index (κ3) is 4.88. The van der Waals surface area contributed by atoms with Gasteiger partial charge in [0.2, 0.25) is 6.79 Å². The lowest BCUT2D eigenvalue weighted by Gasteiger charge is -2.17. The smallest absolute Gasteiger partial charge is 0.331 e. The summed E-state index contributed by atoms with van der Waals surface area (Å²) < 4.78 is 28.6. The molecule has 0 aromatic heterocycles. The fourth-order valence-electron chi connectivity index (χ4n) is 2.61. The monoisotopic (exact) mass is 385 g/mol. The maximum atomic E-state index is 13.0. The Bertz CT molecular complexity index is 894. The second kappa shape index (κ2) is 8.56. The summed E-state index contributed by atoms with van der Waals surface area (Å²) in [6.45, 7) is 3.42. The molecule has 0 bridgehead atoms. The number of ether oxygens (including phenoxy) is 3. The van der Waals surface area contributed by atoms with Gasteiger partial charge in [0, 0.05) is 6.08 Å². The zero-order chi connectivity index (χ0) is 20.1. The lowest BCUT2D eigenvalue weighted by atomic mass is 10.1. The molecule has 0 spiro atoms. The van der Waals surface area contributed by atoms with Gasteiger partial charge in [-0.2, -0.15) is 0 Å². The number of benzene rings is 2. The minimum absolute atomic E-state index is 0.174. The van der Waals surface area contributed by atoms with Crippen LogP contribution in [0.5, 0.6) is 11.5 Å². The Balaban J connectivity index is 1.51. The fraction of sp³-hybridized carbons (Fsp3) is 0.238. The van der Waals surface area contributed by atoms with Crippen molar-refractivity contribution in [3.05, 3.63) is 65.5 Å². The average Bonchev–Trinajstić information content (AvgIpc) is 3.14. The van der Waals surface area contributed by atoms with Crippen LogP contribution in [0.2, 0.25) is 0 Å². The van der Waals surface area contributed by atoms with Gasteiger partial charge < -0.3 is 19.5 Å². The van der Waals surface area contributed by atoms with Crippen LogP contribution in [0.3, 0.4) is 0 Å². The van der Waals surface area contributed by atoms with Crippen molar-refractivity contribution in [3.8, 4) is 11.5 Å². The van der Waals surface area contributed by atoms with Crippen molar-refractivity contribution < 1.29 is 28.2 Å². The van der Waals surface area contributed by atoms with Crippen molar-refractivity contribution in [1.29, 1.82) is 0 Å². The topological polar surface area (TPSA) is 73.9 Å². The third-order valence-corrected chi connectivity index (χ3v) is 4.20. The normalized spacial score (nSPS) is 14.5. The van der Waals surface area contributed by atoms with E-state index in [0.717, 1.165) is 11.1 Å². The third-order valence-electron chi connectivity index (χ3n) is 4.20. The molecule has 2 aromatic rings. The highest BCUT2D eigenvalue weighted by atomic mass is 19.1. The van der Waals surface area contributed by atoms with Gasteiger partial charge in [0.15, 0.2) is 17.6 Å². The highest BCUT2D eigenvalue weighted by Gasteiger charge is 2.19. The molecule has 0 saturated carbocycles. The average molecular weight is 385 g/mol. The van der Waals surface area contributed by atoms with Gasteiger partial charge in [-0.3, -0.25) is 4.79 Å². The van der Waals surface area contributed by atoms with E-state index in [9.17, 15) is 14.0 Å². The summed E-state index contributed by atoms with van der Waals surface area (Å²) in [5.74, 6) is -0.173. The van der Waals surface area contributed by atoms with Crippen LogP contribution in [-0.4, -0.2) is 24.8 Å². The lowest BCUT2D eigenvalue weighted by Crippen LogP contribution is -2.37. The maximum Gasteiger partial charge on any atom is 0.331 e. The zero-order valence-corrected chi connectivity index (χ0v) is 15.5. The molecule has 28 heavy (non-hydrogen) atoms. The van der Waals surface area contributed by atoms with Gasteiger partial charge in [-0.1, -0.05) is 18.2 Å². The molecule has 0 aliphatic carbocycles. The first-order valence-electron chi connectivity index (χ1n) is 8.76. The van der Waals surface area contributed by atoms with Crippen LogP contribution >= 0.6 is 0 Å². The minimum Gasteiger partial charge on any atom is -0.454 e. The standard InChI is InChI=1S/C21H20FNO5/c1-13(16-5-7-17(22)8-6-16)23-21(25)14(2)28-20(24)10-4-15-3-9-18-19(11-15)27-12-26-18/h3-11,13-14H,12H2,1-2H3,(H,23,25)/b10-4+/t13-,14-/m0/s1. The molecule has 146 valence electrons. The molecule has 6 nitrogen and oxygen atoms in total. The molecular weight excluding hydrogens is 365 g/mol. The molecule has 1 N–H and O–H groups in total. The number of rotatable bonds is 6. The largest absolute Gasteiger partial charge is 0.454 e. The Morgan fingerprint density at radius 3 is 2.57 bits per heavy atom. The molecule has 7 heteroatoms. The van der Waals surface area contributed by atoms with Crippen molar-refractivity contribution >= 4 is 18.0 Å². The molecule has 0 radical (unpaired) electrons. The van der Waals surface area contributed by atoms with Crippen LogP contribution in [0, 0.1) is 5.82 Å². The van der Waals surface area contributed by atoms with Crippen molar-refractivity contribution in [3.63, 3.8) is 0 Å². The van der Waals surface area contributed by atoms with E-state index in [2.05, 4.69) is 5.32 Å². The summed E-state index contributed by atoms with van der Waals surface area (Å²) >= 11 is 0. The van der Waals surface area contributed by atoms with Gasteiger partial charge in [-0.25, -0.2) is 9.18 Å². The van der Waals surface area contributed by atoms with Crippen molar-refractivity contribution in [2.75, 3.05) is 6.79 Å². The van der Waals surface area contributed by atoms with E-state index in [4.69, 9.17) is 14.2 Å². The lowest BCUT2D eigenvalue weighted by molar-refractivity contribution is -0.150. The number of carbonyl (C=O) groups excluding carboxylic acids is 2. The molecule has 0 fully saturated rings. The number of hydrogen-bond donors (Lipinski definition) is 1. The first kappa shape index (κ1) is 19.4. The molecule has 1 amide bonds. The fourth-order valence-corrected chi connectivity index (χ4v) is 2.61. The van der Waals surface area contributed by atoms with Crippen molar-refractivity contribution in [2.45, 2.75) is 26.0 Å². The Kier molecular flexibility index (Phi) is 5.93. The zero-order valence-electron chi connectivity index (χ0n) is 15.5. The number of fused-ring (bicyclic) bond motifs is 1. The first-order chi connectivity index (χ1) is 13.4. The Morgan fingerprint density at radius 1 is 1.11 bits per heavy atom. The predicted octanol–water partition coefficient (Wildman–Crippen LogP) is 3.38. The van der Waals surface area contributed by atoms with Crippen LogP contribution < -0.4 is 14.8 Å². The molecule has 2 atom stereocenters. The molecule has 1 aliphatic heterocycles. The highest BCUT2D eigenvalue weighted by molar-refractivity contribution is 5.90. The van der Waals surface area contributed by atoms with Crippen LogP contribution in [0.1, 0.15) is 31.0 Å². The molecule has 0 unspecified atom stereocenters. The van der Waals surface area contributed by atoms with E-state index >= 15 is 0 Å². The first-order valence-corrected chi connectivity index (χ1v) is 8.76.